The molecule has 0 aliphatic carbocycles. The number of hydrogen-bond acceptors (Lipinski definition) is 8. The first kappa shape index (κ1) is 18.6. The number of benzene rings is 1. The van der Waals surface area contributed by atoms with E-state index in [-0.39, 0.29) is 11.7 Å². The van der Waals surface area contributed by atoms with Crippen molar-refractivity contribution in [3.8, 4) is 5.40 Å². The van der Waals surface area contributed by atoms with Crippen LogP contribution in [-0.2, 0) is 4.79 Å². The molecule has 9 heteroatoms. The molecule has 0 atom stereocenters. The first-order valence-electron chi connectivity index (χ1n) is 7.20. The molecule has 2 N–H and O–H groups in total. The molecule has 0 spiro atoms. The van der Waals surface area contributed by atoms with Crippen LogP contribution in [0.3, 0.4) is 0 Å². The summed E-state index contributed by atoms with van der Waals surface area (Å²) in [5.41, 5.74) is 2.68. The van der Waals surface area contributed by atoms with Gasteiger partial charge in [-0.15, -0.1) is 10.2 Å². The van der Waals surface area contributed by atoms with E-state index in [2.05, 4.69) is 26.2 Å². The van der Waals surface area contributed by atoms with E-state index in [1.165, 1.54) is 23.1 Å². The maximum absolute atomic E-state index is 12.2. The lowest BCUT2D eigenvalue weighted by Gasteiger charge is -2.12. The number of amides is 1. The van der Waals surface area contributed by atoms with Gasteiger partial charge >= 0.3 is 0 Å². The third kappa shape index (κ3) is 5.12. The first-order valence-corrected chi connectivity index (χ1v) is 9.82. The molecule has 0 saturated carbocycles. The number of thioether (sulfide) groups is 2. The molecule has 0 fully saturated rings. The third-order valence-electron chi connectivity index (χ3n) is 3.00. The summed E-state index contributed by atoms with van der Waals surface area (Å²) in [7, 11) is 0. The third-order valence-corrected chi connectivity index (χ3v) is 5.57. The zero-order valence-corrected chi connectivity index (χ0v) is 16.0. The van der Waals surface area contributed by atoms with E-state index in [0.29, 0.717) is 0 Å². The number of aryl methyl sites for hydroxylation is 2. The highest BCUT2D eigenvalue weighted by Gasteiger charge is 2.11. The lowest BCUT2D eigenvalue weighted by Crippen LogP contribution is -2.15. The molecular weight excluding hydrogens is 362 g/mol. The van der Waals surface area contributed by atoms with E-state index in [1.807, 2.05) is 32.9 Å². The number of carbonyl (C=O) groups is 1. The van der Waals surface area contributed by atoms with Crippen LogP contribution in [0, 0.1) is 24.5 Å². The number of nitrogens with one attached hydrogen (secondary N) is 2. The monoisotopic (exact) mass is 379 g/mol. The summed E-state index contributed by atoms with van der Waals surface area (Å²) in [6.07, 6.45) is 0. The van der Waals surface area contributed by atoms with Gasteiger partial charge < -0.3 is 10.6 Å². The molecule has 2 aromatic rings. The Morgan fingerprint density at radius 1 is 1.33 bits per heavy atom. The molecule has 2 rings (SSSR count). The summed E-state index contributed by atoms with van der Waals surface area (Å²) >= 11 is 3.91. The van der Waals surface area contributed by atoms with Crippen molar-refractivity contribution < 1.29 is 4.79 Å². The van der Waals surface area contributed by atoms with Crippen molar-refractivity contribution in [3.05, 3.63) is 23.3 Å². The van der Waals surface area contributed by atoms with E-state index < -0.39 is 0 Å². The number of carbonyl (C=O) groups excluding carboxylic acids is 1. The summed E-state index contributed by atoms with van der Waals surface area (Å²) in [5, 5.41) is 25.6. The molecule has 1 aromatic carbocycles. The van der Waals surface area contributed by atoms with Crippen LogP contribution in [0.4, 0.5) is 10.8 Å². The van der Waals surface area contributed by atoms with E-state index in [1.54, 1.807) is 0 Å². The largest absolute Gasteiger partial charge is 0.360 e. The normalized spacial score (nSPS) is 10.2. The van der Waals surface area contributed by atoms with Crippen LogP contribution in [0.2, 0.25) is 0 Å². The molecular formula is C15H17N5OS3. The average molecular weight is 380 g/mol. The molecule has 1 amide bonds. The second-order valence-corrected chi connectivity index (χ2v) is 7.92. The van der Waals surface area contributed by atoms with Crippen molar-refractivity contribution in [1.82, 2.24) is 10.2 Å². The fraction of sp³-hybridized carbons (Fsp3) is 0.333. The molecule has 0 unspecified atom stereocenters. The van der Waals surface area contributed by atoms with Crippen LogP contribution in [0.5, 0.6) is 0 Å². The Balaban J connectivity index is 1.95. The number of thiocyanates is 1. The van der Waals surface area contributed by atoms with Gasteiger partial charge in [0.2, 0.25) is 11.0 Å². The Hall–Kier alpha value is -1.76. The Morgan fingerprint density at radius 3 is 2.67 bits per heavy atom. The molecule has 0 aliphatic heterocycles. The molecule has 126 valence electrons. The zero-order valence-electron chi connectivity index (χ0n) is 13.5. The lowest BCUT2D eigenvalue weighted by atomic mass is 10.1. The van der Waals surface area contributed by atoms with Gasteiger partial charge in [0.15, 0.2) is 4.34 Å². The summed E-state index contributed by atoms with van der Waals surface area (Å²) in [5.74, 6) is 0.181. The second-order valence-electron chi connectivity index (χ2n) is 4.87. The van der Waals surface area contributed by atoms with Crippen LogP contribution in [-0.4, -0.2) is 28.4 Å². The Bertz CT molecular complexity index is 746. The highest BCUT2D eigenvalue weighted by atomic mass is 32.2. The second kappa shape index (κ2) is 8.92. The van der Waals surface area contributed by atoms with Crippen molar-refractivity contribution in [1.29, 1.82) is 5.26 Å². The number of anilines is 2. The molecule has 0 saturated heterocycles. The van der Waals surface area contributed by atoms with Crippen molar-refractivity contribution in [2.45, 2.75) is 30.0 Å². The number of nitriles is 1. The highest BCUT2D eigenvalue weighted by molar-refractivity contribution is 8.03. The van der Waals surface area contributed by atoms with Crippen LogP contribution in [0.15, 0.2) is 21.4 Å². The van der Waals surface area contributed by atoms with Crippen molar-refractivity contribution in [2.24, 2.45) is 0 Å². The highest BCUT2D eigenvalue weighted by Crippen LogP contribution is 2.29. The number of aromatic nitrogens is 2. The predicted octanol–water partition coefficient (Wildman–Crippen LogP) is 3.89. The summed E-state index contributed by atoms with van der Waals surface area (Å²) in [6, 6.07) is 3.80. The maximum atomic E-state index is 12.2. The topological polar surface area (TPSA) is 90.7 Å². The van der Waals surface area contributed by atoms with Gasteiger partial charge in [-0.25, -0.2) is 0 Å². The van der Waals surface area contributed by atoms with Crippen LogP contribution < -0.4 is 10.6 Å². The quantitative estimate of drug-likeness (QED) is 0.557. The Labute approximate surface area is 153 Å². The lowest BCUT2D eigenvalue weighted by molar-refractivity contribution is -0.113. The van der Waals surface area contributed by atoms with Crippen LogP contribution in [0.25, 0.3) is 0 Å². The van der Waals surface area contributed by atoms with Gasteiger partial charge in [-0.05, 0) is 55.8 Å². The van der Waals surface area contributed by atoms with Gasteiger partial charge in [0.05, 0.1) is 5.75 Å². The molecule has 1 aromatic heterocycles. The van der Waals surface area contributed by atoms with E-state index in [4.69, 9.17) is 5.26 Å². The maximum Gasteiger partial charge on any atom is 0.234 e. The fourth-order valence-corrected chi connectivity index (χ4v) is 4.22. The molecule has 0 aliphatic rings. The van der Waals surface area contributed by atoms with E-state index in [0.717, 1.165) is 49.5 Å². The van der Waals surface area contributed by atoms with Gasteiger partial charge in [-0.1, -0.05) is 23.1 Å². The SMILES string of the molecule is CCNc1nnc(SCC(=O)Nc2c(C)cc(SC#N)cc2C)s1. The van der Waals surface area contributed by atoms with Crippen molar-refractivity contribution >= 4 is 51.6 Å². The number of rotatable bonds is 7. The van der Waals surface area contributed by atoms with Crippen molar-refractivity contribution in [2.75, 3.05) is 22.9 Å². The van der Waals surface area contributed by atoms with E-state index in [9.17, 15) is 4.79 Å². The Morgan fingerprint density at radius 2 is 2.04 bits per heavy atom. The first-order chi connectivity index (χ1) is 11.5. The van der Waals surface area contributed by atoms with Gasteiger partial charge in [-0.2, -0.15) is 5.26 Å². The number of nitrogens with zero attached hydrogens (tertiary/aromatic N) is 3. The summed E-state index contributed by atoms with van der Waals surface area (Å²) < 4.78 is 0.760. The van der Waals surface area contributed by atoms with Gasteiger partial charge in [-0.3, -0.25) is 4.79 Å². The van der Waals surface area contributed by atoms with Gasteiger partial charge in [0.1, 0.15) is 5.40 Å². The van der Waals surface area contributed by atoms with Crippen LogP contribution in [0.1, 0.15) is 18.1 Å². The van der Waals surface area contributed by atoms with E-state index >= 15 is 0 Å². The molecule has 24 heavy (non-hydrogen) atoms. The minimum absolute atomic E-state index is 0.0907. The standard InChI is InChI=1S/C15H17N5OS3/c1-4-17-14-19-20-15(24-14)22-7-12(21)18-13-9(2)5-11(23-8-16)6-10(13)3/h5-6H,4,7H2,1-3H3,(H,17,19)(H,18,21). The molecule has 1 heterocycles. The van der Waals surface area contributed by atoms with Crippen molar-refractivity contribution in [3.63, 3.8) is 0 Å². The zero-order chi connectivity index (χ0) is 17.5. The minimum Gasteiger partial charge on any atom is -0.360 e. The van der Waals surface area contributed by atoms with Crippen LogP contribution >= 0.6 is 34.9 Å². The Kier molecular flexibility index (Phi) is 6.90. The van der Waals surface area contributed by atoms with Gasteiger partial charge in [0, 0.05) is 17.1 Å². The predicted molar refractivity (Wildman–Crippen MR) is 101 cm³/mol. The average Bonchev–Trinajstić information content (AvgIpc) is 2.97. The smallest absolute Gasteiger partial charge is 0.234 e. The fourth-order valence-electron chi connectivity index (χ4n) is 2.03. The minimum atomic E-state index is -0.0907. The number of hydrogen-bond donors (Lipinski definition) is 2. The van der Waals surface area contributed by atoms with Gasteiger partial charge in [0.25, 0.3) is 0 Å². The summed E-state index contributed by atoms with van der Waals surface area (Å²) in [4.78, 5) is 13.1. The summed E-state index contributed by atoms with van der Waals surface area (Å²) in [6.45, 7) is 6.63. The molecule has 0 radical (unpaired) electrons. The molecule has 0 bridgehead atoms. The molecule has 6 nitrogen and oxygen atoms in total.